The molecule has 3 rings (SSSR count). The Morgan fingerprint density at radius 2 is 2.21 bits per heavy atom. The zero-order valence-electron chi connectivity index (χ0n) is 10.5. The molecule has 0 fully saturated rings. The second-order valence-electron chi connectivity index (χ2n) is 4.46. The minimum Gasteiger partial charge on any atom is -0.478 e. The first-order valence-electron chi connectivity index (χ1n) is 6.36. The van der Waals surface area contributed by atoms with E-state index >= 15 is 0 Å². The molecule has 5 heteroatoms. The summed E-state index contributed by atoms with van der Waals surface area (Å²) in [6.45, 7) is 2.00. The van der Waals surface area contributed by atoms with E-state index in [1.165, 1.54) is 0 Å². The van der Waals surface area contributed by atoms with E-state index in [4.69, 9.17) is 4.74 Å². The van der Waals surface area contributed by atoms with Crippen LogP contribution in [0.4, 0.5) is 0 Å². The highest BCUT2D eigenvalue weighted by Crippen LogP contribution is 2.18. The van der Waals surface area contributed by atoms with E-state index in [-0.39, 0.29) is 5.91 Å². The summed E-state index contributed by atoms with van der Waals surface area (Å²) in [4.78, 5) is 12.0. The first-order valence-corrected chi connectivity index (χ1v) is 6.36. The van der Waals surface area contributed by atoms with Crippen molar-refractivity contribution in [2.75, 3.05) is 6.61 Å². The maximum atomic E-state index is 12.0. The van der Waals surface area contributed by atoms with Gasteiger partial charge in [-0.25, -0.2) is 4.68 Å². The van der Waals surface area contributed by atoms with E-state index in [1.807, 2.05) is 30.3 Å². The van der Waals surface area contributed by atoms with E-state index in [1.54, 1.807) is 10.7 Å². The number of fused-ring (bicyclic) bond motifs is 1. The monoisotopic (exact) mass is 257 g/mol. The SMILES string of the molecule is O=C(NCc1ccccc1)c1cc2n(n1)CCCO2. The maximum absolute atomic E-state index is 12.0. The molecule has 5 nitrogen and oxygen atoms in total. The van der Waals surface area contributed by atoms with Crippen LogP contribution in [0.25, 0.3) is 0 Å². The molecule has 0 bridgehead atoms. The summed E-state index contributed by atoms with van der Waals surface area (Å²) in [5, 5.41) is 7.10. The van der Waals surface area contributed by atoms with Gasteiger partial charge in [-0.05, 0) is 5.56 Å². The molecule has 1 N–H and O–H groups in total. The van der Waals surface area contributed by atoms with Crippen molar-refractivity contribution >= 4 is 5.91 Å². The van der Waals surface area contributed by atoms with Crippen molar-refractivity contribution in [3.05, 3.63) is 47.7 Å². The van der Waals surface area contributed by atoms with Gasteiger partial charge in [0.2, 0.25) is 5.88 Å². The van der Waals surface area contributed by atoms with E-state index in [0.29, 0.717) is 24.7 Å². The lowest BCUT2D eigenvalue weighted by Gasteiger charge is -2.13. The number of aryl methyl sites for hydroxylation is 1. The number of amides is 1. The van der Waals surface area contributed by atoms with Crippen LogP contribution < -0.4 is 10.1 Å². The van der Waals surface area contributed by atoms with Crippen LogP contribution >= 0.6 is 0 Å². The highest BCUT2D eigenvalue weighted by Gasteiger charge is 2.17. The smallest absolute Gasteiger partial charge is 0.272 e. The zero-order valence-corrected chi connectivity index (χ0v) is 10.5. The summed E-state index contributed by atoms with van der Waals surface area (Å²) in [7, 11) is 0. The van der Waals surface area contributed by atoms with Crippen LogP contribution in [0.5, 0.6) is 5.88 Å². The average molecular weight is 257 g/mol. The molecule has 0 unspecified atom stereocenters. The molecule has 0 spiro atoms. The van der Waals surface area contributed by atoms with Gasteiger partial charge in [0.25, 0.3) is 5.91 Å². The van der Waals surface area contributed by atoms with Gasteiger partial charge in [-0.2, -0.15) is 5.10 Å². The van der Waals surface area contributed by atoms with Crippen LogP contribution in [-0.4, -0.2) is 22.3 Å². The molecule has 19 heavy (non-hydrogen) atoms. The molecule has 0 saturated carbocycles. The first-order chi connectivity index (χ1) is 9.33. The Kier molecular flexibility index (Phi) is 3.18. The van der Waals surface area contributed by atoms with E-state index in [0.717, 1.165) is 18.5 Å². The molecule has 98 valence electrons. The molecule has 1 aromatic carbocycles. The number of rotatable bonds is 3. The summed E-state index contributed by atoms with van der Waals surface area (Å²) in [5.41, 5.74) is 1.48. The Morgan fingerprint density at radius 3 is 3.00 bits per heavy atom. The van der Waals surface area contributed by atoms with Crippen molar-refractivity contribution in [1.29, 1.82) is 0 Å². The fraction of sp³-hybridized carbons (Fsp3) is 0.286. The number of nitrogens with one attached hydrogen (secondary N) is 1. The summed E-state index contributed by atoms with van der Waals surface area (Å²) >= 11 is 0. The van der Waals surface area contributed by atoms with Crippen molar-refractivity contribution in [3.8, 4) is 5.88 Å². The number of benzene rings is 1. The zero-order chi connectivity index (χ0) is 13.1. The van der Waals surface area contributed by atoms with E-state index in [9.17, 15) is 4.79 Å². The largest absolute Gasteiger partial charge is 0.478 e. The predicted molar refractivity (Wildman–Crippen MR) is 70.0 cm³/mol. The van der Waals surface area contributed by atoms with Gasteiger partial charge in [0.05, 0.1) is 6.61 Å². The Hall–Kier alpha value is -2.30. The first kappa shape index (κ1) is 11.8. The number of hydrogen-bond donors (Lipinski definition) is 1. The van der Waals surface area contributed by atoms with Gasteiger partial charge in [-0.1, -0.05) is 30.3 Å². The quantitative estimate of drug-likeness (QED) is 0.908. The maximum Gasteiger partial charge on any atom is 0.272 e. The highest BCUT2D eigenvalue weighted by molar-refractivity contribution is 5.92. The van der Waals surface area contributed by atoms with Crippen LogP contribution in [0.15, 0.2) is 36.4 Å². The summed E-state index contributed by atoms with van der Waals surface area (Å²) in [6, 6.07) is 11.5. The molecule has 1 aromatic heterocycles. The lowest BCUT2D eigenvalue weighted by atomic mass is 10.2. The molecule has 1 aliphatic rings. The third-order valence-corrected chi connectivity index (χ3v) is 3.04. The Labute approximate surface area is 111 Å². The molecular formula is C14H15N3O2. The minimum atomic E-state index is -0.172. The highest BCUT2D eigenvalue weighted by atomic mass is 16.5. The molecule has 2 heterocycles. The van der Waals surface area contributed by atoms with Crippen LogP contribution in [0.2, 0.25) is 0 Å². The van der Waals surface area contributed by atoms with Gasteiger partial charge in [0.1, 0.15) is 0 Å². The lowest BCUT2D eigenvalue weighted by molar-refractivity contribution is 0.0945. The lowest BCUT2D eigenvalue weighted by Crippen LogP contribution is -2.23. The molecule has 0 atom stereocenters. The van der Waals surface area contributed by atoms with Crippen LogP contribution in [0, 0.1) is 0 Å². The number of nitrogens with zero attached hydrogens (tertiary/aromatic N) is 2. The number of aromatic nitrogens is 2. The third-order valence-electron chi connectivity index (χ3n) is 3.04. The standard InChI is InChI=1S/C14H15N3O2/c18-14(15-10-11-5-2-1-3-6-11)12-9-13-17(16-12)7-4-8-19-13/h1-3,5-6,9H,4,7-8,10H2,(H,15,18). The molecule has 0 saturated heterocycles. The second-order valence-corrected chi connectivity index (χ2v) is 4.46. The van der Waals surface area contributed by atoms with Crippen molar-refractivity contribution in [1.82, 2.24) is 15.1 Å². The molecule has 2 aromatic rings. The Bertz CT molecular complexity index is 554. The summed E-state index contributed by atoms with van der Waals surface area (Å²) < 4.78 is 7.17. The molecule has 1 amide bonds. The van der Waals surface area contributed by atoms with Crippen molar-refractivity contribution in [2.45, 2.75) is 19.5 Å². The Balaban J connectivity index is 1.65. The summed E-state index contributed by atoms with van der Waals surface area (Å²) in [6.07, 6.45) is 0.930. The number of carbonyl (C=O) groups is 1. The van der Waals surface area contributed by atoms with Gasteiger partial charge >= 0.3 is 0 Å². The van der Waals surface area contributed by atoms with Crippen LogP contribution in [-0.2, 0) is 13.1 Å². The molecule has 0 radical (unpaired) electrons. The van der Waals surface area contributed by atoms with E-state index in [2.05, 4.69) is 10.4 Å². The van der Waals surface area contributed by atoms with Crippen molar-refractivity contribution < 1.29 is 9.53 Å². The molecular weight excluding hydrogens is 242 g/mol. The second kappa shape index (κ2) is 5.14. The van der Waals surface area contributed by atoms with Gasteiger partial charge in [0.15, 0.2) is 5.69 Å². The number of ether oxygens (including phenoxy) is 1. The Morgan fingerprint density at radius 1 is 1.37 bits per heavy atom. The molecule has 1 aliphatic heterocycles. The van der Waals surface area contributed by atoms with Crippen LogP contribution in [0.1, 0.15) is 22.5 Å². The molecule has 0 aliphatic carbocycles. The normalized spacial score (nSPS) is 13.5. The van der Waals surface area contributed by atoms with Crippen molar-refractivity contribution in [3.63, 3.8) is 0 Å². The van der Waals surface area contributed by atoms with Gasteiger partial charge in [0, 0.05) is 25.6 Å². The minimum absolute atomic E-state index is 0.172. The number of hydrogen-bond acceptors (Lipinski definition) is 3. The fourth-order valence-electron chi connectivity index (χ4n) is 2.05. The van der Waals surface area contributed by atoms with E-state index < -0.39 is 0 Å². The van der Waals surface area contributed by atoms with Gasteiger partial charge in [-0.15, -0.1) is 0 Å². The predicted octanol–water partition coefficient (Wildman–Crippen LogP) is 1.60. The van der Waals surface area contributed by atoms with Gasteiger partial charge < -0.3 is 10.1 Å². The topological polar surface area (TPSA) is 56.2 Å². The fourth-order valence-corrected chi connectivity index (χ4v) is 2.05. The number of carbonyl (C=O) groups excluding carboxylic acids is 1. The third kappa shape index (κ3) is 2.59. The van der Waals surface area contributed by atoms with Crippen molar-refractivity contribution in [2.24, 2.45) is 0 Å². The van der Waals surface area contributed by atoms with Crippen LogP contribution in [0.3, 0.4) is 0 Å². The average Bonchev–Trinajstić information content (AvgIpc) is 2.90. The van der Waals surface area contributed by atoms with Gasteiger partial charge in [-0.3, -0.25) is 4.79 Å². The summed E-state index contributed by atoms with van der Waals surface area (Å²) in [5.74, 6) is 0.505.